The van der Waals surface area contributed by atoms with E-state index >= 15 is 0 Å². The lowest BCUT2D eigenvalue weighted by Gasteiger charge is -2.20. The summed E-state index contributed by atoms with van der Waals surface area (Å²) in [5, 5.41) is 12.2. The van der Waals surface area contributed by atoms with Crippen LogP contribution in [0.5, 0.6) is 0 Å². The van der Waals surface area contributed by atoms with Crippen LogP contribution >= 0.6 is 0 Å². The third kappa shape index (κ3) is 4.53. The molecule has 0 saturated heterocycles. The Morgan fingerprint density at radius 1 is 1.38 bits per heavy atom. The SMILES string of the molecule is CN(CC(O)C1CC1)C(=O)C(=O)NCc1ccc(F)cc1. The highest BCUT2D eigenvalue weighted by Crippen LogP contribution is 2.32. The van der Waals surface area contributed by atoms with Crippen LogP contribution in [-0.4, -0.2) is 41.5 Å². The molecule has 1 saturated carbocycles. The summed E-state index contributed by atoms with van der Waals surface area (Å²) in [5.74, 6) is -1.51. The van der Waals surface area contributed by atoms with Gasteiger partial charge in [0.05, 0.1) is 6.10 Å². The number of hydrogen-bond acceptors (Lipinski definition) is 3. The van der Waals surface area contributed by atoms with Crippen molar-refractivity contribution in [3.8, 4) is 0 Å². The number of aliphatic hydroxyl groups excluding tert-OH is 1. The molecule has 2 rings (SSSR count). The first-order valence-electron chi connectivity index (χ1n) is 6.93. The van der Waals surface area contributed by atoms with Crippen LogP contribution in [0.4, 0.5) is 4.39 Å². The maximum Gasteiger partial charge on any atom is 0.311 e. The maximum absolute atomic E-state index is 12.7. The standard InChI is InChI=1S/C15H19FN2O3/c1-18(9-13(19)11-4-5-11)15(21)14(20)17-8-10-2-6-12(16)7-3-10/h2-3,6-7,11,13,19H,4-5,8-9H2,1H3,(H,17,20). The molecule has 0 spiro atoms. The molecular formula is C15H19FN2O3. The molecule has 1 aliphatic rings. The molecule has 1 atom stereocenters. The van der Waals surface area contributed by atoms with E-state index < -0.39 is 17.9 Å². The van der Waals surface area contributed by atoms with Gasteiger partial charge in [0.1, 0.15) is 5.82 Å². The first kappa shape index (κ1) is 15.4. The lowest BCUT2D eigenvalue weighted by Crippen LogP contribution is -2.44. The Bertz CT molecular complexity index is 514. The average molecular weight is 294 g/mol. The van der Waals surface area contributed by atoms with E-state index in [1.54, 1.807) is 12.1 Å². The normalized spacial score (nSPS) is 15.4. The number of aliphatic hydroxyl groups is 1. The van der Waals surface area contributed by atoms with Gasteiger partial charge in [-0.1, -0.05) is 12.1 Å². The highest BCUT2D eigenvalue weighted by Gasteiger charge is 2.32. The highest BCUT2D eigenvalue weighted by molar-refractivity contribution is 6.34. The van der Waals surface area contributed by atoms with Crippen molar-refractivity contribution in [2.75, 3.05) is 13.6 Å². The minimum atomic E-state index is -0.732. The van der Waals surface area contributed by atoms with E-state index in [0.717, 1.165) is 12.8 Å². The van der Waals surface area contributed by atoms with Crippen LogP contribution in [0.15, 0.2) is 24.3 Å². The zero-order valence-electron chi connectivity index (χ0n) is 11.9. The topological polar surface area (TPSA) is 69.6 Å². The molecule has 0 aliphatic heterocycles. The van der Waals surface area contributed by atoms with Crippen molar-refractivity contribution >= 4 is 11.8 Å². The zero-order valence-corrected chi connectivity index (χ0v) is 11.9. The molecule has 6 heteroatoms. The lowest BCUT2D eigenvalue weighted by atomic mass is 10.2. The third-order valence-corrected chi connectivity index (χ3v) is 3.53. The summed E-state index contributed by atoms with van der Waals surface area (Å²) >= 11 is 0. The number of carbonyl (C=O) groups is 2. The first-order chi connectivity index (χ1) is 9.97. The molecule has 114 valence electrons. The molecule has 0 aromatic heterocycles. The van der Waals surface area contributed by atoms with Gasteiger partial charge in [-0.2, -0.15) is 0 Å². The molecule has 1 fully saturated rings. The number of rotatable bonds is 5. The molecule has 1 aromatic rings. The van der Waals surface area contributed by atoms with E-state index in [9.17, 15) is 19.1 Å². The number of nitrogens with one attached hydrogen (secondary N) is 1. The number of halogens is 1. The number of benzene rings is 1. The van der Waals surface area contributed by atoms with Crippen molar-refractivity contribution in [2.24, 2.45) is 5.92 Å². The van der Waals surface area contributed by atoms with E-state index in [2.05, 4.69) is 5.32 Å². The molecule has 0 bridgehead atoms. The molecule has 0 heterocycles. The first-order valence-corrected chi connectivity index (χ1v) is 6.93. The second-order valence-electron chi connectivity index (χ2n) is 5.40. The molecule has 2 N–H and O–H groups in total. The van der Waals surface area contributed by atoms with Gasteiger partial charge in [-0.3, -0.25) is 9.59 Å². The summed E-state index contributed by atoms with van der Waals surface area (Å²) in [6.45, 7) is 0.317. The molecule has 1 aromatic carbocycles. The molecule has 5 nitrogen and oxygen atoms in total. The summed E-state index contributed by atoms with van der Waals surface area (Å²) < 4.78 is 12.7. The zero-order chi connectivity index (χ0) is 15.4. The van der Waals surface area contributed by atoms with Gasteiger partial charge >= 0.3 is 11.8 Å². The number of likely N-dealkylation sites (N-methyl/N-ethyl adjacent to an activating group) is 1. The minimum absolute atomic E-state index is 0.157. The minimum Gasteiger partial charge on any atom is -0.391 e. The summed E-state index contributed by atoms with van der Waals surface area (Å²) in [5.41, 5.74) is 0.707. The fourth-order valence-electron chi connectivity index (χ4n) is 2.03. The Kier molecular flexibility index (Phi) is 4.90. The van der Waals surface area contributed by atoms with Gasteiger partial charge in [-0.15, -0.1) is 0 Å². The fraction of sp³-hybridized carbons (Fsp3) is 0.467. The quantitative estimate of drug-likeness (QED) is 0.784. The van der Waals surface area contributed by atoms with Gasteiger partial charge in [-0.25, -0.2) is 4.39 Å². The van der Waals surface area contributed by atoms with Crippen LogP contribution in [0.25, 0.3) is 0 Å². The van der Waals surface area contributed by atoms with Crippen LogP contribution in [0, 0.1) is 11.7 Å². The number of nitrogens with zero attached hydrogens (tertiary/aromatic N) is 1. The van der Waals surface area contributed by atoms with E-state index in [1.807, 2.05) is 0 Å². The molecule has 1 unspecified atom stereocenters. The number of amides is 2. The highest BCUT2D eigenvalue weighted by atomic mass is 19.1. The second-order valence-corrected chi connectivity index (χ2v) is 5.40. The lowest BCUT2D eigenvalue weighted by molar-refractivity contribution is -0.145. The van der Waals surface area contributed by atoms with Crippen molar-refractivity contribution < 1.29 is 19.1 Å². The molecule has 2 amide bonds. The van der Waals surface area contributed by atoms with Crippen LogP contribution in [-0.2, 0) is 16.1 Å². The Balaban J connectivity index is 1.78. The van der Waals surface area contributed by atoms with Crippen molar-refractivity contribution in [2.45, 2.75) is 25.5 Å². The summed E-state index contributed by atoms with van der Waals surface area (Å²) in [4.78, 5) is 24.8. The smallest absolute Gasteiger partial charge is 0.311 e. The van der Waals surface area contributed by atoms with Crippen LogP contribution in [0.2, 0.25) is 0 Å². The molecule has 1 aliphatic carbocycles. The fourth-order valence-corrected chi connectivity index (χ4v) is 2.03. The molecular weight excluding hydrogens is 275 g/mol. The van der Waals surface area contributed by atoms with E-state index in [4.69, 9.17) is 0 Å². The van der Waals surface area contributed by atoms with Gasteiger partial charge in [0, 0.05) is 20.1 Å². The second kappa shape index (κ2) is 6.67. The van der Waals surface area contributed by atoms with Gasteiger partial charge in [-0.05, 0) is 36.5 Å². The Morgan fingerprint density at radius 2 is 2.00 bits per heavy atom. The van der Waals surface area contributed by atoms with Crippen molar-refractivity contribution in [1.82, 2.24) is 10.2 Å². The maximum atomic E-state index is 12.7. The Morgan fingerprint density at radius 3 is 2.57 bits per heavy atom. The largest absolute Gasteiger partial charge is 0.391 e. The van der Waals surface area contributed by atoms with Crippen LogP contribution < -0.4 is 5.32 Å². The van der Waals surface area contributed by atoms with E-state index in [1.165, 1.54) is 24.1 Å². The van der Waals surface area contributed by atoms with Crippen LogP contribution in [0.3, 0.4) is 0 Å². The Hall–Kier alpha value is -1.95. The monoisotopic (exact) mass is 294 g/mol. The average Bonchev–Trinajstić information content (AvgIpc) is 3.30. The predicted molar refractivity (Wildman–Crippen MR) is 74.6 cm³/mol. The predicted octanol–water partition coefficient (Wildman–Crippen LogP) is 0.671. The molecule has 21 heavy (non-hydrogen) atoms. The summed E-state index contributed by atoms with van der Waals surface area (Å²) in [6.07, 6.45) is 1.38. The van der Waals surface area contributed by atoms with Crippen molar-refractivity contribution in [3.05, 3.63) is 35.6 Å². The van der Waals surface area contributed by atoms with Crippen molar-refractivity contribution in [1.29, 1.82) is 0 Å². The van der Waals surface area contributed by atoms with Crippen molar-refractivity contribution in [3.63, 3.8) is 0 Å². The summed E-state index contributed by atoms with van der Waals surface area (Å²) in [6, 6.07) is 5.67. The van der Waals surface area contributed by atoms with Gasteiger partial charge < -0.3 is 15.3 Å². The third-order valence-electron chi connectivity index (χ3n) is 3.53. The van der Waals surface area contributed by atoms with E-state index in [-0.39, 0.29) is 24.8 Å². The Labute approximate surface area is 122 Å². The van der Waals surface area contributed by atoms with E-state index in [0.29, 0.717) is 5.56 Å². The molecule has 0 radical (unpaired) electrons. The van der Waals surface area contributed by atoms with Gasteiger partial charge in [0.2, 0.25) is 0 Å². The van der Waals surface area contributed by atoms with Crippen LogP contribution in [0.1, 0.15) is 18.4 Å². The van der Waals surface area contributed by atoms with Gasteiger partial charge in [0.15, 0.2) is 0 Å². The number of hydrogen-bond donors (Lipinski definition) is 2. The van der Waals surface area contributed by atoms with Gasteiger partial charge in [0.25, 0.3) is 0 Å². The number of carbonyl (C=O) groups excluding carboxylic acids is 2. The summed E-state index contributed by atoms with van der Waals surface area (Å²) in [7, 11) is 1.49.